The molecule has 0 radical (unpaired) electrons. The third kappa shape index (κ3) is 4.23. The van der Waals surface area contributed by atoms with Crippen LogP contribution in [0.1, 0.15) is 26.7 Å². The van der Waals surface area contributed by atoms with E-state index in [2.05, 4.69) is 0 Å². The predicted molar refractivity (Wildman–Crippen MR) is 52.8 cm³/mol. The lowest BCUT2D eigenvalue weighted by Crippen LogP contribution is -2.45. The van der Waals surface area contributed by atoms with Crippen molar-refractivity contribution in [2.45, 2.75) is 32.7 Å². The van der Waals surface area contributed by atoms with Crippen molar-refractivity contribution < 1.29 is 14.7 Å². The van der Waals surface area contributed by atoms with E-state index in [0.29, 0.717) is 13.0 Å². The Kier molecular flexibility index (Phi) is 5.87. The molecule has 0 saturated heterocycles. The molecule has 0 aliphatic carbocycles. The fourth-order valence-electron chi connectivity index (χ4n) is 1.11. The van der Waals surface area contributed by atoms with E-state index >= 15 is 0 Å². The van der Waals surface area contributed by atoms with E-state index in [4.69, 9.17) is 10.8 Å². The number of rotatable bonds is 6. The molecule has 3 N–H and O–H groups in total. The van der Waals surface area contributed by atoms with E-state index in [-0.39, 0.29) is 12.5 Å². The number of aliphatic carboxylic acids is 1. The zero-order chi connectivity index (χ0) is 11.1. The molecule has 0 aromatic heterocycles. The van der Waals surface area contributed by atoms with Gasteiger partial charge in [-0.15, -0.1) is 0 Å². The molecule has 0 aliphatic rings. The monoisotopic (exact) mass is 202 g/mol. The van der Waals surface area contributed by atoms with Gasteiger partial charge in [0.25, 0.3) is 0 Å². The van der Waals surface area contributed by atoms with Gasteiger partial charge in [0.05, 0.1) is 6.04 Å². The maximum Gasteiger partial charge on any atom is 0.323 e. The van der Waals surface area contributed by atoms with E-state index in [1.54, 1.807) is 6.92 Å². The summed E-state index contributed by atoms with van der Waals surface area (Å²) in [4.78, 5) is 23.3. The van der Waals surface area contributed by atoms with Gasteiger partial charge >= 0.3 is 5.97 Å². The molecule has 1 unspecified atom stereocenters. The van der Waals surface area contributed by atoms with Gasteiger partial charge in [0.2, 0.25) is 5.91 Å². The predicted octanol–water partition coefficient (Wildman–Crippen LogP) is 0.0469. The third-order valence-corrected chi connectivity index (χ3v) is 1.89. The molecule has 0 spiro atoms. The number of carbonyl (C=O) groups excluding carboxylic acids is 1. The summed E-state index contributed by atoms with van der Waals surface area (Å²) in [5, 5.41) is 8.58. The van der Waals surface area contributed by atoms with Gasteiger partial charge in [-0.2, -0.15) is 0 Å². The van der Waals surface area contributed by atoms with Crippen molar-refractivity contribution in [2.24, 2.45) is 5.73 Å². The van der Waals surface area contributed by atoms with E-state index < -0.39 is 12.0 Å². The zero-order valence-electron chi connectivity index (χ0n) is 8.69. The molecular weight excluding hydrogens is 184 g/mol. The fourth-order valence-corrected chi connectivity index (χ4v) is 1.11. The van der Waals surface area contributed by atoms with Crippen LogP contribution in [0.3, 0.4) is 0 Å². The SMILES string of the molecule is CCCN(CC(=O)O)C(=O)C(N)CC. The summed E-state index contributed by atoms with van der Waals surface area (Å²) in [5.74, 6) is -1.29. The number of hydrogen-bond donors (Lipinski definition) is 2. The second kappa shape index (κ2) is 6.37. The van der Waals surface area contributed by atoms with Crippen LogP contribution in [0.25, 0.3) is 0 Å². The van der Waals surface area contributed by atoms with Crippen molar-refractivity contribution in [3.63, 3.8) is 0 Å². The Morgan fingerprint density at radius 1 is 1.43 bits per heavy atom. The van der Waals surface area contributed by atoms with Gasteiger partial charge in [-0.05, 0) is 12.8 Å². The van der Waals surface area contributed by atoms with Crippen LogP contribution in [0.5, 0.6) is 0 Å². The second-order valence-electron chi connectivity index (χ2n) is 3.17. The summed E-state index contributed by atoms with van der Waals surface area (Å²) in [7, 11) is 0. The first-order chi connectivity index (χ1) is 6.52. The minimum atomic E-state index is -1.00. The number of carboxylic acids is 1. The zero-order valence-corrected chi connectivity index (χ0v) is 8.69. The molecule has 0 saturated carbocycles. The highest BCUT2D eigenvalue weighted by molar-refractivity contribution is 5.85. The quantitative estimate of drug-likeness (QED) is 0.637. The average molecular weight is 202 g/mol. The van der Waals surface area contributed by atoms with Gasteiger partial charge in [-0.1, -0.05) is 13.8 Å². The number of carbonyl (C=O) groups is 2. The smallest absolute Gasteiger partial charge is 0.323 e. The topological polar surface area (TPSA) is 83.6 Å². The van der Waals surface area contributed by atoms with E-state index in [9.17, 15) is 9.59 Å². The minimum Gasteiger partial charge on any atom is -0.480 e. The summed E-state index contributed by atoms with van der Waals surface area (Å²) in [6.07, 6.45) is 1.26. The van der Waals surface area contributed by atoms with Crippen LogP contribution in [0.15, 0.2) is 0 Å². The highest BCUT2D eigenvalue weighted by atomic mass is 16.4. The minimum absolute atomic E-state index is 0.264. The molecule has 0 aromatic rings. The summed E-state index contributed by atoms with van der Waals surface area (Å²) in [6.45, 7) is 3.87. The molecule has 0 heterocycles. The summed E-state index contributed by atoms with van der Waals surface area (Å²) in [6, 6.07) is -0.583. The van der Waals surface area contributed by atoms with Crippen LogP contribution in [0, 0.1) is 0 Å². The number of amides is 1. The molecule has 5 heteroatoms. The Bertz CT molecular complexity index is 206. The van der Waals surface area contributed by atoms with Crippen molar-refractivity contribution in [3.05, 3.63) is 0 Å². The Labute approximate surface area is 83.9 Å². The molecule has 14 heavy (non-hydrogen) atoms. The molecule has 1 amide bonds. The molecule has 82 valence electrons. The Balaban J connectivity index is 4.31. The number of nitrogens with zero attached hydrogens (tertiary/aromatic N) is 1. The number of hydrogen-bond acceptors (Lipinski definition) is 3. The van der Waals surface area contributed by atoms with Crippen molar-refractivity contribution in [1.29, 1.82) is 0 Å². The molecule has 0 rings (SSSR count). The van der Waals surface area contributed by atoms with E-state index in [0.717, 1.165) is 6.42 Å². The standard InChI is InChI=1S/C9H18N2O3/c1-3-5-11(6-8(12)13)9(14)7(10)4-2/h7H,3-6,10H2,1-2H3,(H,12,13). The Morgan fingerprint density at radius 2 is 2.00 bits per heavy atom. The lowest BCUT2D eigenvalue weighted by Gasteiger charge is -2.22. The number of carboxylic acid groups (broad SMARTS) is 1. The van der Waals surface area contributed by atoms with Crippen LogP contribution in [0.4, 0.5) is 0 Å². The maximum absolute atomic E-state index is 11.5. The van der Waals surface area contributed by atoms with Gasteiger partial charge in [-0.3, -0.25) is 9.59 Å². The normalized spacial score (nSPS) is 12.2. The molecule has 0 fully saturated rings. The molecule has 0 aliphatic heterocycles. The largest absolute Gasteiger partial charge is 0.480 e. The van der Waals surface area contributed by atoms with Gasteiger partial charge in [0.15, 0.2) is 0 Å². The second-order valence-corrected chi connectivity index (χ2v) is 3.17. The van der Waals surface area contributed by atoms with E-state index in [1.165, 1.54) is 4.90 Å². The maximum atomic E-state index is 11.5. The summed E-state index contributed by atoms with van der Waals surface area (Å²) >= 11 is 0. The van der Waals surface area contributed by atoms with Crippen LogP contribution in [-0.4, -0.2) is 41.0 Å². The van der Waals surface area contributed by atoms with Gasteiger partial charge in [0.1, 0.15) is 6.54 Å². The Hall–Kier alpha value is -1.10. The molecule has 0 bridgehead atoms. The van der Waals surface area contributed by atoms with Crippen LogP contribution >= 0.6 is 0 Å². The lowest BCUT2D eigenvalue weighted by atomic mass is 10.2. The van der Waals surface area contributed by atoms with E-state index in [1.807, 2.05) is 6.92 Å². The Morgan fingerprint density at radius 3 is 2.36 bits per heavy atom. The first-order valence-corrected chi connectivity index (χ1v) is 4.79. The van der Waals surface area contributed by atoms with Gasteiger partial charge < -0.3 is 15.7 Å². The lowest BCUT2D eigenvalue weighted by molar-refractivity contribution is -0.145. The summed E-state index contributed by atoms with van der Waals surface area (Å²) < 4.78 is 0. The van der Waals surface area contributed by atoms with Crippen molar-refractivity contribution in [3.8, 4) is 0 Å². The van der Waals surface area contributed by atoms with Crippen molar-refractivity contribution in [2.75, 3.05) is 13.1 Å². The van der Waals surface area contributed by atoms with Crippen LogP contribution in [0.2, 0.25) is 0 Å². The fraction of sp³-hybridized carbons (Fsp3) is 0.778. The van der Waals surface area contributed by atoms with Crippen molar-refractivity contribution in [1.82, 2.24) is 4.90 Å². The number of nitrogens with two attached hydrogens (primary N) is 1. The highest BCUT2D eigenvalue weighted by Gasteiger charge is 2.20. The highest BCUT2D eigenvalue weighted by Crippen LogP contribution is 1.98. The first kappa shape index (κ1) is 12.9. The summed E-state index contributed by atoms with van der Waals surface area (Å²) in [5.41, 5.74) is 5.54. The molecule has 5 nitrogen and oxygen atoms in total. The first-order valence-electron chi connectivity index (χ1n) is 4.79. The van der Waals surface area contributed by atoms with Crippen LogP contribution in [-0.2, 0) is 9.59 Å². The van der Waals surface area contributed by atoms with Gasteiger partial charge in [0, 0.05) is 6.54 Å². The average Bonchev–Trinajstić information content (AvgIpc) is 2.14. The molecular formula is C9H18N2O3. The third-order valence-electron chi connectivity index (χ3n) is 1.89. The van der Waals surface area contributed by atoms with Crippen molar-refractivity contribution >= 4 is 11.9 Å². The molecule has 1 atom stereocenters. The van der Waals surface area contributed by atoms with Crippen LogP contribution < -0.4 is 5.73 Å². The molecule has 0 aromatic carbocycles. The van der Waals surface area contributed by atoms with Gasteiger partial charge in [-0.25, -0.2) is 0 Å².